The van der Waals surface area contributed by atoms with Gasteiger partial charge in [-0.2, -0.15) is 10.1 Å². The van der Waals surface area contributed by atoms with Gasteiger partial charge < -0.3 is 4.57 Å². The van der Waals surface area contributed by atoms with Crippen molar-refractivity contribution in [2.75, 3.05) is 0 Å². The standard InChI is InChI=1S/C20H16N4O2S/c25-18(14-24-19(26)17-9-5-4-8-16(17)12-21-24)22-20-23(10-11-27-20)13-15-6-2-1-3-7-15/h1-12H,13-14H2. The van der Waals surface area contributed by atoms with Gasteiger partial charge >= 0.3 is 0 Å². The Morgan fingerprint density at radius 3 is 2.70 bits per heavy atom. The predicted octanol–water partition coefficient (Wildman–Crippen LogP) is 2.44. The van der Waals surface area contributed by atoms with Crippen molar-refractivity contribution in [2.45, 2.75) is 13.1 Å². The molecule has 6 nitrogen and oxygen atoms in total. The second kappa shape index (κ2) is 7.51. The van der Waals surface area contributed by atoms with E-state index in [-0.39, 0.29) is 12.1 Å². The van der Waals surface area contributed by atoms with Crippen molar-refractivity contribution in [3.8, 4) is 0 Å². The third-order valence-corrected chi connectivity index (χ3v) is 4.92. The molecule has 0 atom stereocenters. The molecule has 4 aromatic rings. The fourth-order valence-electron chi connectivity index (χ4n) is 2.80. The van der Waals surface area contributed by atoms with Crippen molar-refractivity contribution in [1.29, 1.82) is 0 Å². The number of amides is 1. The molecule has 0 saturated carbocycles. The SMILES string of the molecule is O=C(Cn1ncc2ccccc2c1=O)N=c1sccn1Cc1ccccc1. The van der Waals surface area contributed by atoms with E-state index in [2.05, 4.69) is 10.1 Å². The lowest BCUT2D eigenvalue weighted by atomic mass is 10.2. The fraction of sp³-hybridized carbons (Fsp3) is 0.100. The average Bonchev–Trinajstić information content (AvgIpc) is 3.11. The van der Waals surface area contributed by atoms with E-state index < -0.39 is 5.91 Å². The molecule has 2 aromatic heterocycles. The molecule has 0 aliphatic heterocycles. The van der Waals surface area contributed by atoms with Crippen LogP contribution in [0.1, 0.15) is 5.56 Å². The van der Waals surface area contributed by atoms with Crippen molar-refractivity contribution in [3.63, 3.8) is 0 Å². The van der Waals surface area contributed by atoms with Gasteiger partial charge in [0.2, 0.25) is 0 Å². The summed E-state index contributed by atoms with van der Waals surface area (Å²) in [7, 11) is 0. The summed E-state index contributed by atoms with van der Waals surface area (Å²) >= 11 is 1.38. The molecular formula is C20H16N4O2S. The number of hydrogen-bond donors (Lipinski definition) is 0. The van der Waals surface area contributed by atoms with Crippen molar-refractivity contribution in [1.82, 2.24) is 14.3 Å². The number of aromatic nitrogens is 3. The highest BCUT2D eigenvalue weighted by atomic mass is 32.1. The van der Waals surface area contributed by atoms with E-state index in [1.54, 1.807) is 18.3 Å². The maximum atomic E-state index is 12.5. The van der Waals surface area contributed by atoms with Crippen LogP contribution in [0.15, 0.2) is 82.2 Å². The molecule has 0 radical (unpaired) electrons. The second-order valence-electron chi connectivity index (χ2n) is 6.00. The Kier molecular flexibility index (Phi) is 4.76. The zero-order valence-corrected chi connectivity index (χ0v) is 15.2. The lowest BCUT2D eigenvalue weighted by Gasteiger charge is -2.04. The molecule has 0 bridgehead atoms. The summed E-state index contributed by atoms with van der Waals surface area (Å²) in [5, 5.41) is 7.26. The summed E-state index contributed by atoms with van der Waals surface area (Å²) in [6, 6.07) is 17.1. The lowest BCUT2D eigenvalue weighted by molar-refractivity contribution is -0.118. The van der Waals surface area contributed by atoms with Crippen LogP contribution in [0.2, 0.25) is 0 Å². The molecule has 0 aliphatic carbocycles. The minimum Gasteiger partial charge on any atom is -0.319 e. The van der Waals surface area contributed by atoms with Gasteiger partial charge in [-0.3, -0.25) is 9.59 Å². The van der Waals surface area contributed by atoms with Crippen LogP contribution in [-0.2, 0) is 17.9 Å². The third-order valence-electron chi connectivity index (χ3n) is 4.12. The van der Waals surface area contributed by atoms with Crippen LogP contribution in [0, 0.1) is 0 Å². The van der Waals surface area contributed by atoms with Crippen molar-refractivity contribution in [3.05, 3.63) is 93.1 Å². The molecule has 0 fully saturated rings. The molecule has 0 aliphatic rings. The number of nitrogens with zero attached hydrogens (tertiary/aromatic N) is 4. The first-order chi connectivity index (χ1) is 13.2. The van der Waals surface area contributed by atoms with Crippen molar-refractivity contribution >= 4 is 28.0 Å². The van der Waals surface area contributed by atoms with Crippen molar-refractivity contribution in [2.24, 2.45) is 4.99 Å². The first kappa shape index (κ1) is 17.1. The highest BCUT2D eigenvalue weighted by Crippen LogP contribution is 2.06. The molecule has 0 unspecified atom stereocenters. The largest absolute Gasteiger partial charge is 0.319 e. The van der Waals surface area contributed by atoms with Crippen LogP contribution in [0.4, 0.5) is 0 Å². The Morgan fingerprint density at radius 1 is 1.07 bits per heavy atom. The van der Waals surface area contributed by atoms with E-state index >= 15 is 0 Å². The fourth-order valence-corrected chi connectivity index (χ4v) is 3.54. The number of benzene rings is 2. The Bertz CT molecular complexity index is 1220. The van der Waals surface area contributed by atoms with Gasteiger partial charge in [-0.15, -0.1) is 11.3 Å². The van der Waals surface area contributed by atoms with E-state index in [9.17, 15) is 9.59 Å². The molecule has 0 saturated heterocycles. The number of rotatable bonds is 4. The van der Waals surface area contributed by atoms with E-state index in [0.29, 0.717) is 16.7 Å². The number of thiazole rings is 1. The van der Waals surface area contributed by atoms with Gasteiger partial charge in [0, 0.05) is 23.5 Å². The monoisotopic (exact) mass is 376 g/mol. The van der Waals surface area contributed by atoms with Crippen LogP contribution < -0.4 is 10.4 Å². The molecule has 0 N–H and O–H groups in total. The van der Waals surface area contributed by atoms with Crippen LogP contribution in [0.3, 0.4) is 0 Å². The first-order valence-corrected chi connectivity index (χ1v) is 9.29. The second-order valence-corrected chi connectivity index (χ2v) is 6.87. The highest BCUT2D eigenvalue weighted by molar-refractivity contribution is 7.07. The van der Waals surface area contributed by atoms with E-state index in [4.69, 9.17) is 0 Å². The molecule has 2 heterocycles. The van der Waals surface area contributed by atoms with Gasteiger partial charge in [-0.05, 0) is 11.6 Å². The number of carbonyl (C=O) groups excluding carboxylic acids is 1. The molecule has 1 amide bonds. The number of carbonyl (C=O) groups is 1. The summed E-state index contributed by atoms with van der Waals surface area (Å²) in [5.41, 5.74) is 0.831. The van der Waals surface area contributed by atoms with E-state index in [1.165, 1.54) is 11.3 Å². The van der Waals surface area contributed by atoms with Crippen LogP contribution in [-0.4, -0.2) is 20.3 Å². The maximum absolute atomic E-state index is 12.5. The van der Waals surface area contributed by atoms with Gasteiger partial charge in [0.15, 0.2) is 4.80 Å². The minimum absolute atomic E-state index is 0.188. The van der Waals surface area contributed by atoms with Gasteiger partial charge in [0.1, 0.15) is 6.54 Å². The smallest absolute Gasteiger partial charge is 0.275 e. The van der Waals surface area contributed by atoms with Gasteiger partial charge in [-0.1, -0.05) is 48.5 Å². The molecule has 4 rings (SSSR count). The zero-order valence-electron chi connectivity index (χ0n) is 14.4. The first-order valence-electron chi connectivity index (χ1n) is 8.41. The molecule has 0 spiro atoms. The van der Waals surface area contributed by atoms with Crippen LogP contribution >= 0.6 is 11.3 Å². The van der Waals surface area contributed by atoms with Gasteiger partial charge in [-0.25, -0.2) is 4.68 Å². The molecule has 2 aromatic carbocycles. The summed E-state index contributed by atoms with van der Waals surface area (Å²) in [4.78, 5) is 29.6. The third kappa shape index (κ3) is 3.78. The van der Waals surface area contributed by atoms with Crippen molar-refractivity contribution < 1.29 is 4.79 Å². The molecular weight excluding hydrogens is 360 g/mol. The minimum atomic E-state index is -0.413. The van der Waals surface area contributed by atoms with Crippen LogP contribution in [0.5, 0.6) is 0 Å². The Balaban J connectivity index is 1.59. The van der Waals surface area contributed by atoms with Crippen LogP contribution in [0.25, 0.3) is 10.8 Å². The van der Waals surface area contributed by atoms with E-state index in [1.807, 2.05) is 58.6 Å². The maximum Gasteiger partial charge on any atom is 0.275 e. The summed E-state index contributed by atoms with van der Waals surface area (Å²) in [5.74, 6) is -0.413. The average molecular weight is 376 g/mol. The van der Waals surface area contributed by atoms with Gasteiger partial charge in [0.25, 0.3) is 11.5 Å². The molecule has 27 heavy (non-hydrogen) atoms. The zero-order chi connectivity index (χ0) is 18.6. The number of fused-ring (bicyclic) bond motifs is 1. The molecule has 7 heteroatoms. The normalized spacial score (nSPS) is 11.8. The predicted molar refractivity (Wildman–Crippen MR) is 104 cm³/mol. The highest BCUT2D eigenvalue weighted by Gasteiger charge is 2.08. The van der Waals surface area contributed by atoms with E-state index in [0.717, 1.165) is 15.6 Å². The van der Waals surface area contributed by atoms with Gasteiger partial charge in [0.05, 0.1) is 11.6 Å². The Morgan fingerprint density at radius 2 is 1.85 bits per heavy atom. The summed E-state index contributed by atoms with van der Waals surface area (Å²) in [6.07, 6.45) is 3.48. The molecule has 134 valence electrons. The quantitative estimate of drug-likeness (QED) is 0.549. The Hall–Kier alpha value is -3.32. The number of hydrogen-bond acceptors (Lipinski definition) is 4. The summed E-state index contributed by atoms with van der Waals surface area (Å²) < 4.78 is 3.07. The lowest BCUT2D eigenvalue weighted by Crippen LogP contribution is -2.27. The summed E-state index contributed by atoms with van der Waals surface area (Å²) in [6.45, 7) is 0.442. The Labute approximate surface area is 158 Å². The topological polar surface area (TPSA) is 69.2 Å².